The number of methoxy groups -OCH3 is 2. The molecule has 0 radical (unpaired) electrons. The Balaban J connectivity index is 3.07. The number of rotatable bonds is 4. The zero-order valence-electron chi connectivity index (χ0n) is 8.82. The van der Waals surface area contributed by atoms with Gasteiger partial charge in [0.05, 0.1) is 14.2 Å². The summed E-state index contributed by atoms with van der Waals surface area (Å²) in [5.41, 5.74) is 6.63. The van der Waals surface area contributed by atoms with Gasteiger partial charge in [0.1, 0.15) is 5.56 Å². The van der Waals surface area contributed by atoms with Gasteiger partial charge in [-0.25, -0.2) is 9.78 Å². The SMILES string of the molecule is COC(=O)c1cc(CCN)cnc1OC. The summed E-state index contributed by atoms with van der Waals surface area (Å²) in [6.07, 6.45) is 2.30. The lowest BCUT2D eigenvalue weighted by Gasteiger charge is -2.07. The third kappa shape index (κ3) is 2.66. The molecule has 0 saturated heterocycles. The van der Waals surface area contributed by atoms with Gasteiger partial charge in [-0.2, -0.15) is 0 Å². The first kappa shape index (κ1) is 11.5. The van der Waals surface area contributed by atoms with Crippen molar-refractivity contribution in [2.45, 2.75) is 6.42 Å². The number of hydrogen-bond acceptors (Lipinski definition) is 5. The molecule has 1 aromatic rings. The summed E-state index contributed by atoms with van der Waals surface area (Å²) < 4.78 is 9.58. The molecule has 15 heavy (non-hydrogen) atoms. The summed E-state index contributed by atoms with van der Waals surface area (Å²) in [5, 5.41) is 0. The normalized spacial score (nSPS) is 9.80. The summed E-state index contributed by atoms with van der Waals surface area (Å²) in [6.45, 7) is 0.509. The van der Waals surface area contributed by atoms with E-state index in [-0.39, 0.29) is 5.88 Å². The molecule has 0 saturated carbocycles. The van der Waals surface area contributed by atoms with E-state index < -0.39 is 5.97 Å². The molecule has 5 heteroatoms. The van der Waals surface area contributed by atoms with Crippen molar-refractivity contribution in [2.24, 2.45) is 5.73 Å². The van der Waals surface area contributed by atoms with E-state index in [4.69, 9.17) is 10.5 Å². The van der Waals surface area contributed by atoms with Gasteiger partial charge in [-0.3, -0.25) is 0 Å². The minimum Gasteiger partial charge on any atom is -0.480 e. The molecule has 0 fully saturated rings. The fourth-order valence-electron chi connectivity index (χ4n) is 1.22. The summed E-state index contributed by atoms with van der Waals surface area (Å²) in [7, 11) is 2.77. The smallest absolute Gasteiger partial charge is 0.343 e. The monoisotopic (exact) mass is 210 g/mol. The Bertz CT molecular complexity index is 353. The van der Waals surface area contributed by atoms with Gasteiger partial charge in [-0.1, -0.05) is 0 Å². The van der Waals surface area contributed by atoms with Gasteiger partial charge >= 0.3 is 5.97 Å². The molecule has 0 aliphatic rings. The molecule has 5 nitrogen and oxygen atoms in total. The van der Waals surface area contributed by atoms with E-state index in [1.165, 1.54) is 14.2 Å². The molecule has 1 aromatic heterocycles. The van der Waals surface area contributed by atoms with Crippen LogP contribution in [-0.4, -0.2) is 31.7 Å². The van der Waals surface area contributed by atoms with Crippen LogP contribution in [0.4, 0.5) is 0 Å². The van der Waals surface area contributed by atoms with Crippen LogP contribution in [-0.2, 0) is 11.2 Å². The van der Waals surface area contributed by atoms with Crippen LogP contribution in [0.1, 0.15) is 15.9 Å². The number of nitrogens with zero attached hydrogens (tertiary/aromatic N) is 1. The first-order chi connectivity index (χ1) is 7.22. The van der Waals surface area contributed by atoms with Gasteiger partial charge in [0.25, 0.3) is 0 Å². The Kier molecular flexibility index (Phi) is 4.05. The van der Waals surface area contributed by atoms with Crippen LogP contribution in [0.15, 0.2) is 12.3 Å². The summed E-state index contributed by atoms with van der Waals surface area (Å²) in [4.78, 5) is 15.4. The fourth-order valence-corrected chi connectivity index (χ4v) is 1.22. The van der Waals surface area contributed by atoms with Crippen molar-refractivity contribution in [3.05, 3.63) is 23.4 Å². The maximum absolute atomic E-state index is 11.4. The van der Waals surface area contributed by atoms with E-state index in [1.54, 1.807) is 12.3 Å². The van der Waals surface area contributed by atoms with Gasteiger partial charge in [0.2, 0.25) is 5.88 Å². The Hall–Kier alpha value is -1.62. The van der Waals surface area contributed by atoms with Crippen molar-refractivity contribution in [2.75, 3.05) is 20.8 Å². The topological polar surface area (TPSA) is 74.4 Å². The third-order valence-corrected chi connectivity index (χ3v) is 1.94. The Morgan fingerprint density at radius 2 is 2.27 bits per heavy atom. The minimum absolute atomic E-state index is 0.266. The van der Waals surface area contributed by atoms with Crippen LogP contribution < -0.4 is 10.5 Å². The summed E-state index contributed by atoms with van der Waals surface area (Å²) in [5.74, 6) is -0.194. The number of nitrogens with two attached hydrogens (primary N) is 1. The molecule has 0 aliphatic heterocycles. The zero-order chi connectivity index (χ0) is 11.3. The van der Waals surface area contributed by atoms with E-state index >= 15 is 0 Å². The number of ether oxygens (including phenoxy) is 2. The minimum atomic E-state index is -0.460. The maximum atomic E-state index is 11.4. The van der Waals surface area contributed by atoms with Crippen LogP contribution in [0.2, 0.25) is 0 Å². The highest BCUT2D eigenvalue weighted by Crippen LogP contribution is 2.17. The molecule has 0 amide bonds. The third-order valence-electron chi connectivity index (χ3n) is 1.94. The number of hydrogen-bond donors (Lipinski definition) is 1. The van der Waals surface area contributed by atoms with E-state index in [2.05, 4.69) is 9.72 Å². The highest BCUT2D eigenvalue weighted by Gasteiger charge is 2.14. The van der Waals surface area contributed by atoms with Gasteiger partial charge in [0.15, 0.2) is 0 Å². The average molecular weight is 210 g/mol. The molecule has 2 N–H and O–H groups in total. The van der Waals surface area contributed by atoms with Gasteiger partial charge in [-0.15, -0.1) is 0 Å². The molecule has 0 spiro atoms. The number of carbonyl (C=O) groups excluding carboxylic acids is 1. The molecule has 0 aromatic carbocycles. The van der Waals surface area contributed by atoms with Crippen LogP contribution in [0, 0.1) is 0 Å². The fraction of sp³-hybridized carbons (Fsp3) is 0.400. The quantitative estimate of drug-likeness (QED) is 0.727. The van der Waals surface area contributed by atoms with E-state index in [0.717, 1.165) is 5.56 Å². The van der Waals surface area contributed by atoms with Crippen molar-refractivity contribution >= 4 is 5.97 Å². The second kappa shape index (κ2) is 5.31. The van der Waals surface area contributed by atoms with E-state index in [1.807, 2.05) is 0 Å². The lowest BCUT2D eigenvalue weighted by Crippen LogP contribution is -2.08. The largest absolute Gasteiger partial charge is 0.480 e. The second-order valence-corrected chi connectivity index (χ2v) is 2.93. The number of aromatic nitrogens is 1. The molecule has 0 bridgehead atoms. The molecule has 0 aliphatic carbocycles. The Morgan fingerprint density at radius 3 is 2.80 bits per heavy atom. The predicted molar refractivity (Wildman–Crippen MR) is 54.9 cm³/mol. The summed E-state index contributed by atoms with van der Waals surface area (Å²) in [6, 6.07) is 1.69. The number of carbonyl (C=O) groups is 1. The van der Waals surface area contributed by atoms with Gasteiger partial charge in [0, 0.05) is 6.20 Å². The van der Waals surface area contributed by atoms with Gasteiger partial charge in [-0.05, 0) is 24.6 Å². The van der Waals surface area contributed by atoms with Crippen LogP contribution >= 0.6 is 0 Å². The van der Waals surface area contributed by atoms with Crippen molar-refractivity contribution in [3.63, 3.8) is 0 Å². The van der Waals surface area contributed by atoms with Crippen molar-refractivity contribution < 1.29 is 14.3 Å². The highest BCUT2D eigenvalue weighted by molar-refractivity contribution is 5.91. The van der Waals surface area contributed by atoms with Crippen molar-refractivity contribution in [1.29, 1.82) is 0 Å². The van der Waals surface area contributed by atoms with Crippen molar-refractivity contribution in [1.82, 2.24) is 4.98 Å². The molecule has 82 valence electrons. The summed E-state index contributed by atoms with van der Waals surface area (Å²) >= 11 is 0. The van der Waals surface area contributed by atoms with Gasteiger partial charge < -0.3 is 15.2 Å². The standard InChI is InChI=1S/C10H14N2O3/c1-14-9-8(10(13)15-2)5-7(3-4-11)6-12-9/h5-6H,3-4,11H2,1-2H3. The second-order valence-electron chi connectivity index (χ2n) is 2.93. The maximum Gasteiger partial charge on any atom is 0.343 e. The molecule has 0 unspecified atom stereocenters. The Labute approximate surface area is 88.2 Å². The van der Waals surface area contributed by atoms with Crippen LogP contribution in [0.3, 0.4) is 0 Å². The molecule has 1 rings (SSSR count). The average Bonchev–Trinajstić information content (AvgIpc) is 2.28. The van der Waals surface area contributed by atoms with Crippen LogP contribution in [0.5, 0.6) is 5.88 Å². The first-order valence-electron chi connectivity index (χ1n) is 4.54. The Morgan fingerprint density at radius 1 is 1.53 bits per heavy atom. The highest BCUT2D eigenvalue weighted by atomic mass is 16.5. The molecule has 1 heterocycles. The van der Waals surface area contributed by atoms with E-state index in [9.17, 15) is 4.79 Å². The number of esters is 1. The zero-order valence-corrected chi connectivity index (χ0v) is 8.82. The lowest BCUT2D eigenvalue weighted by molar-refractivity contribution is 0.0596. The molecular formula is C10H14N2O3. The van der Waals surface area contributed by atoms with Crippen molar-refractivity contribution in [3.8, 4) is 5.88 Å². The lowest BCUT2D eigenvalue weighted by atomic mass is 10.1. The molecule has 0 atom stereocenters. The molecular weight excluding hydrogens is 196 g/mol. The van der Waals surface area contributed by atoms with E-state index in [0.29, 0.717) is 18.5 Å². The number of pyridine rings is 1. The first-order valence-corrected chi connectivity index (χ1v) is 4.54. The predicted octanol–water partition coefficient (Wildman–Crippen LogP) is 0.378. The van der Waals surface area contributed by atoms with Crippen LogP contribution in [0.25, 0.3) is 0 Å².